The van der Waals surface area contributed by atoms with Gasteiger partial charge in [-0.25, -0.2) is 0 Å². The Labute approximate surface area is 448 Å². The van der Waals surface area contributed by atoms with E-state index >= 15 is 0 Å². The van der Waals surface area contributed by atoms with E-state index in [9.17, 15) is 39.0 Å². The molecule has 8 aromatic carbocycles. The van der Waals surface area contributed by atoms with E-state index in [1.54, 1.807) is 70.5 Å². The quantitative estimate of drug-likeness (QED) is 0.0922. The second-order valence-electron chi connectivity index (χ2n) is 18.0. The highest BCUT2D eigenvalue weighted by molar-refractivity contribution is 8.00. The number of rotatable bonds is 12. The van der Waals surface area contributed by atoms with Crippen molar-refractivity contribution in [3.63, 3.8) is 0 Å². The van der Waals surface area contributed by atoms with Gasteiger partial charge in [-0.05, 0) is 120 Å². The molecule has 2 aliphatic rings. The molecule has 0 fully saturated rings. The van der Waals surface area contributed by atoms with Gasteiger partial charge in [-0.2, -0.15) is 0 Å². The summed E-state index contributed by atoms with van der Waals surface area (Å²) in [7, 11) is 0. The Morgan fingerprint density at radius 2 is 0.763 bits per heavy atom. The fourth-order valence-corrected chi connectivity index (χ4v) is 11.7. The SMILES string of the molecule is O=C(O)C[C@@H]1CCN(C(=O)c2ccc(NC(=O)c3ccccc3-c3ccccc3)cc2)c2ccccc2S1.O=C(O)C[C@H]1CCN(C(=O)c2ccc(NC(=O)c3ccccc3-c3ccccc3)cc2)c2ccccc2S1. The van der Waals surface area contributed by atoms with Crippen LogP contribution in [-0.2, 0) is 9.59 Å². The molecule has 0 bridgehead atoms. The highest BCUT2D eigenvalue weighted by Gasteiger charge is 2.30. The number of carbonyl (C=O) groups excluding carboxylic acids is 4. The van der Waals surface area contributed by atoms with Crippen molar-refractivity contribution in [2.75, 3.05) is 33.5 Å². The highest BCUT2D eigenvalue weighted by atomic mass is 32.2. The number of thioether (sulfide) groups is 2. The average Bonchev–Trinajstić information content (AvgIpc) is 3.74. The van der Waals surface area contributed by atoms with Crippen molar-refractivity contribution in [2.24, 2.45) is 0 Å². The van der Waals surface area contributed by atoms with Gasteiger partial charge in [-0.3, -0.25) is 28.8 Å². The number of carboxylic acids is 2. The number of nitrogens with zero attached hydrogens (tertiary/aromatic N) is 2. The van der Waals surface area contributed by atoms with Crippen LogP contribution in [-0.4, -0.2) is 69.4 Å². The third-order valence-electron chi connectivity index (χ3n) is 12.8. The van der Waals surface area contributed by atoms with Gasteiger partial charge >= 0.3 is 11.9 Å². The zero-order valence-corrected chi connectivity index (χ0v) is 42.7. The third-order valence-corrected chi connectivity index (χ3v) is 15.5. The highest BCUT2D eigenvalue weighted by Crippen LogP contribution is 2.41. The zero-order chi connectivity index (χ0) is 53.0. The number of hydrogen-bond donors (Lipinski definition) is 4. The van der Waals surface area contributed by atoms with Crippen molar-refractivity contribution in [3.05, 3.63) is 229 Å². The lowest BCUT2D eigenvalue weighted by atomic mass is 9.99. The van der Waals surface area contributed by atoms with E-state index < -0.39 is 11.9 Å². The molecule has 0 aliphatic carbocycles. The summed E-state index contributed by atoms with van der Waals surface area (Å²) in [4.78, 5) is 81.1. The number of hydrogen-bond acceptors (Lipinski definition) is 8. The maximum Gasteiger partial charge on any atom is 0.304 e. The Morgan fingerprint density at radius 1 is 0.421 bits per heavy atom. The number of nitrogens with one attached hydrogen (secondary N) is 2. The molecule has 0 spiro atoms. The summed E-state index contributed by atoms with van der Waals surface area (Å²) >= 11 is 3.01. The second kappa shape index (κ2) is 24.5. The first-order valence-electron chi connectivity index (χ1n) is 24.7. The van der Waals surface area contributed by atoms with Crippen molar-refractivity contribution in [2.45, 2.75) is 46.0 Å². The Balaban J connectivity index is 0.000000186. The van der Waals surface area contributed by atoms with E-state index in [0.717, 1.165) is 43.4 Å². The molecule has 2 heterocycles. The molecule has 380 valence electrons. The van der Waals surface area contributed by atoms with Crippen LogP contribution in [0.25, 0.3) is 22.3 Å². The lowest BCUT2D eigenvalue weighted by Crippen LogP contribution is -2.32. The number of aliphatic carboxylic acids is 2. The van der Waals surface area contributed by atoms with E-state index in [4.69, 9.17) is 0 Å². The van der Waals surface area contributed by atoms with Crippen LogP contribution in [0.2, 0.25) is 0 Å². The number of carbonyl (C=O) groups is 6. The molecule has 2 atom stereocenters. The predicted molar refractivity (Wildman–Crippen MR) is 302 cm³/mol. The second-order valence-corrected chi connectivity index (χ2v) is 20.7. The number of anilines is 4. The molecule has 4 N–H and O–H groups in total. The zero-order valence-electron chi connectivity index (χ0n) is 41.1. The van der Waals surface area contributed by atoms with Gasteiger partial charge in [0, 0.05) is 67.0 Å². The molecular weight excluding hydrogens is 993 g/mol. The molecule has 12 nitrogen and oxygen atoms in total. The summed E-state index contributed by atoms with van der Waals surface area (Å²) in [5, 5.41) is 24.2. The number of carboxylic acid groups (broad SMARTS) is 2. The monoisotopic (exact) mass is 1040 g/mol. The van der Waals surface area contributed by atoms with Crippen LogP contribution in [0.3, 0.4) is 0 Å². The van der Waals surface area contributed by atoms with Gasteiger partial charge < -0.3 is 30.6 Å². The standard InChI is InChI=1S/2C31H26N2O4S/c2*34-29(35)20-24-18-19-33(27-12-6-7-13-28(27)38-24)31(37)22-14-16-23(17-15-22)32-30(36)26-11-5-4-10-25(26)21-8-2-1-3-9-21/h2*1-17,24H,18-20H2,(H,32,36)(H,34,35)/t2*24-/m10/s1. The Morgan fingerprint density at radius 3 is 1.14 bits per heavy atom. The Bertz CT molecular complexity index is 3170. The van der Waals surface area contributed by atoms with Crippen LogP contribution in [0.4, 0.5) is 22.7 Å². The van der Waals surface area contributed by atoms with Crippen molar-refractivity contribution >= 4 is 81.8 Å². The molecule has 14 heteroatoms. The minimum Gasteiger partial charge on any atom is -0.481 e. The fraction of sp³-hybridized carbons (Fsp3) is 0.129. The summed E-state index contributed by atoms with van der Waals surface area (Å²) in [5.41, 5.74) is 8.45. The molecule has 0 saturated carbocycles. The van der Waals surface area contributed by atoms with Crippen LogP contribution in [0.1, 0.15) is 67.1 Å². The van der Waals surface area contributed by atoms with Gasteiger partial charge in [0.1, 0.15) is 0 Å². The summed E-state index contributed by atoms with van der Waals surface area (Å²) in [6, 6.07) is 63.3. The lowest BCUT2D eigenvalue weighted by Gasteiger charge is -2.22. The maximum atomic E-state index is 13.5. The van der Waals surface area contributed by atoms with Crippen LogP contribution in [0, 0.1) is 0 Å². The predicted octanol–water partition coefficient (Wildman–Crippen LogP) is 13.2. The van der Waals surface area contributed by atoms with Gasteiger partial charge in [-0.1, -0.05) is 121 Å². The van der Waals surface area contributed by atoms with Gasteiger partial charge in [-0.15, -0.1) is 23.5 Å². The number of benzene rings is 8. The summed E-state index contributed by atoms with van der Waals surface area (Å²) in [6.07, 6.45) is 1.24. The molecule has 4 amide bonds. The number of amides is 4. The average molecular weight is 1050 g/mol. The van der Waals surface area contributed by atoms with Crippen LogP contribution >= 0.6 is 23.5 Å². The molecule has 2 aliphatic heterocycles. The smallest absolute Gasteiger partial charge is 0.304 e. The van der Waals surface area contributed by atoms with E-state index in [2.05, 4.69) is 10.6 Å². The molecule has 10 rings (SSSR count). The summed E-state index contributed by atoms with van der Waals surface area (Å²) in [6.45, 7) is 0.852. The first-order chi connectivity index (χ1) is 37.0. The summed E-state index contributed by atoms with van der Waals surface area (Å²) in [5.74, 6) is -2.48. The third kappa shape index (κ3) is 12.8. The maximum absolute atomic E-state index is 13.5. The Kier molecular flexibility index (Phi) is 16.8. The van der Waals surface area contributed by atoms with Crippen molar-refractivity contribution < 1.29 is 39.0 Å². The molecule has 0 unspecified atom stereocenters. The minimum atomic E-state index is -0.844. The molecule has 0 aromatic heterocycles. The largest absolute Gasteiger partial charge is 0.481 e. The Hall–Kier alpha value is -8.72. The first kappa shape index (κ1) is 52.2. The normalized spacial score (nSPS) is 14.7. The molecule has 76 heavy (non-hydrogen) atoms. The lowest BCUT2D eigenvalue weighted by molar-refractivity contribution is -0.138. The van der Waals surface area contributed by atoms with Crippen LogP contribution in [0.5, 0.6) is 0 Å². The van der Waals surface area contributed by atoms with E-state index in [0.29, 0.717) is 59.6 Å². The van der Waals surface area contributed by atoms with Crippen molar-refractivity contribution in [3.8, 4) is 22.3 Å². The number of para-hydroxylation sites is 2. The summed E-state index contributed by atoms with van der Waals surface area (Å²) < 4.78 is 0. The topological polar surface area (TPSA) is 173 Å². The van der Waals surface area contributed by atoms with Gasteiger partial charge in [0.15, 0.2) is 0 Å². The van der Waals surface area contributed by atoms with Crippen molar-refractivity contribution in [1.29, 1.82) is 0 Å². The van der Waals surface area contributed by atoms with Crippen LogP contribution < -0.4 is 20.4 Å². The van der Waals surface area contributed by atoms with E-state index in [-0.39, 0.29) is 47.0 Å². The van der Waals surface area contributed by atoms with Gasteiger partial charge in [0.25, 0.3) is 23.6 Å². The first-order valence-corrected chi connectivity index (χ1v) is 26.5. The fourth-order valence-electron chi connectivity index (χ4n) is 9.12. The molecule has 0 radical (unpaired) electrons. The van der Waals surface area contributed by atoms with E-state index in [1.165, 1.54) is 23.5 Å². The molecule has 0 saturated heterocycles. The van der Waals surface area contributed by atoms with Gasteiger partial charge in [0.2, 0.25) is 0 Å². The molecular formula is C62H52N4O8S2. The van der Waals surface area contributed by atoms with Crippen LogP contribution in [0.15, 0.2) is 216 Å². The minimum absolute atomic E-state index is 0.0445. The van der Waals surface area contributed by atoms with Gasteiger partial charge in [0.05, 0.1) is 24.2 Å². The van der Waals surface area contributed by atoms with Crippen molar-refractivity contribution in [1.82, 2.24) is 0 Å². The number of fused-ring (bicyclic) bond motifs is 2. The molecule has 8 aromatic rings. The van der Waals surface area contributed by atoms with E-state index in [1.807, 2.05) is 146 Å².